The van der Waals surface area contributed by atoms with Gasteiger partial charge in [0, 0.05) is 16.9 Å². The van der Waals surface area contributed by atoms with Crippen LogP contribution >= 0.6 is 28.1 Å². The molecule has 7 nitrogen and oxygen atoms in total. The minimum Gasteiger partial charge on any atom is -0.496 e. The van der Waals surface area contributed by atoms with Crippen LogP contribution in [0.25, 0.3) is 0 Å². The highest BCUT2D eigenvalue weighted by Crippen LogP contribution is 2.25. The van der Waals surface area contributed by atoms with E-state index in [4.69, 9.17) is 17.0 Å². The van der Waals surface area contributed by atoms with Crippen molar-refractivity contribution in [2.24, 2.45) is 0 Å². The van der Waals surface area contributed by atoms with E-state index in [2.05, 4.69) is 31.3 Å². The van der Waals surface area contributed by atoms with Crippen molar-refractivity contribution in [2.75, 3.05) is 17.1 Å². The van der Waals surface area contributed by atoms with Gasteiger partial charge in [-0.25, -0.2) is 8.42 Å². The van der Waals surface area contributed by atoms with E-state index in [0.29, 0.717) is 27.2 Å². The quantitative estimate of drug-likeness (QED) is 0.375. The molecule has 0 aliphatic rings. The van der Waals surface area contributed by atoms with Crippen LogP contribution in [0.4, 0.5) is 11.4 Å². The Kier molecular flexibility index (Phi) is 7.72. The Balaban J connectivity index is 1.64. The van der Waals surface area contributed by atoms with Gasteiger partial charge in [0.25, 0.3) is 15.9 Å². The highest BCUT2D eigenvalue weighted by molar-refractivity contribution is 9.10. The second-order valence-electron chi connectivity index (χ2n) is 7.26. The summed E-state index contributed by atoms with van der Waals surface area (Å²) in [4.78, 5) is 12.5. The molecular formula is C23H22BrN3O4S2. The number of methoxy groups -OCH3 is 1. The number of hydrogen-bond donors (Lipinski definition) is 3. The highest BCUT2D eigenvalue weighted by atomic mass is 79.9. The maximum atomic E-state index is 12.7. The fraction of sp³-hybridized carbons (Fsp3) is 0.130. The van der Waals surface area contributed by atoms with E-state index in [1.54, 1.807) is 42.5 Å². The van der Waals surface area contributed by atoms with Gasteiger partial charge >= 0.3 is 0 Å². The zero-order valence-electron chi connectivity index (χ0n) is 18.1. The molecule has 3 N–H and O–H groups in total. The van der Waals surface area contributed by atoms with Gasteiger partial charge in [0.05, 0.1) is 16.5 Å². The molecule has 0 fully saturated rings. The Labute approximate surface area is 206 Å². The van der Waals surface area contributed by atoms with E-state index in [9.17, 15) is 13.2 Å². The zero-order valence-corrected chi connectivity index (χ0v) is 21.3. The fourth-order valence-corrected chi connectivity index (χ4v) is 4.90. The largest absolute Gasteiger partial charge is 0.496 e. The number of carbonyl (C=O) groups excluding carboxylic acids is 1. The fourth-order valence-electron chi connectivity index (χ4n) is 3.11. The van der Waals surface area contributed by atoms with E-state index in [1.807, 2.05) is 19.9 Å². The van der Waals surface area contributed by atoms with E-state index in [0.717, 1.165) is 11.1 Å². The van der Waals surface area contributed by atoms with Crippen LogP contribution in [0, 0.1) is 13.8 Å². The molecule has 0 aliphatic heterocycles. The molecule has 1 amide bonds. The molecule has 0 heterocycles. The van der Waals surface area contributed by atoms with Crippen LogP contribution in [0.2, 0.25) is 0 Å². The summed E-state index contributed by atoms with van der Waals surface area (Å²) in [6.45, 7) is 3.81. The number of rotatable bonds is 6. The number of hydrogen-bond acceptors (Lipinski definition) is 5. The van der Waals surface area contributed by atoms with Crippen molar-refractivity contribution in [3.05, 3.63) is 81.8 Å². The van der Waals surface area contributed by atoms with Gasteiger partial charge in [-0.1, -0.05) is 6.07 Å². The van der Waals surface area contributed by atoms with Gasteiger partial charge in [-0.05, 0) is 108 Å². The number of amides is 1. The molecular weight excluding hydrogens is 526 g/mol. The highest BCUT2D eigenvalue weighted by Gasteiger charge is 2.15. The molecule has 3 aromatic carbocycles. The third kappa shape index (κ3) is 6.53. The third-order valence-corrected chi connectivity index (χ3v) is 6.76. The number of anilines is 2. The van der Waals surface area contributed by atoms with Crippen LogP contribution < -0.4 is 20.1 Å². The van der Waals surface area contributed by atoms with Gasteiger partial charge in [-0.15, -0.1) is 0 Å². The van der Waals surface area contributed by atoms with Crippen molar-refractivity contribution in [3.63, 3.8) is 0 Å². The average molecular weight is 548 g/mol. The van der Waals surface area contributed by atoms with Crippen LogP contribution in [0.5, 0.6) is 5.75 Å². The Hall–Kier alpha value is -2.95. The van der Waals surface area contributed by atoms with Gasteiger partial charge in [0.15, 0.2) is 5.11 Å². The summed E-state index contributed by atoms with van der Waals surface area (Å²) in [5, 5.41) is 5.54. The Morgan fingerprint density at radius 1 is 0.939 bits per heavy atom. The number of nitrogens with one attached hydrogen (secondary N) is 3. The molecule has 10 heteroatoms. The number of sulfonamides is 1. The van der Waals surface area contributed by atoms with E-state index < -0.39 is 15.9 Å². The van der Waals surface area contributed by atoms with E-state index in [1.165, 1.54) is 19.2 Å². The summed E-state index contributed by atoms with van der Waals surface area (Å²) in [5.41, 5.74) is 3.35. The molecule has 0 unspecified atom stereocenters. The number of aryl methyl sites for hydroxylation is 2. The normalized spacial score (nSPS) is 10.9. The Bertz CT molecular complexity index is 1290. The van der Waals surface area contributed by atoms with Gasteiger partial charge < -0.3 is 10.1 Å². The van der Waals surface area contributed by atoms with Gasteiger partial charge in [0.1, 0.15) is 5.75 Å². The first kappa shape index (κ1) is 24.7. The predicted molar refractivity (Wildman–Crippen MR) is 138 cm³/mol. The summed E-state index contributed by atoms with van der Waals surface area (Å²) in [5.74, 6) is 0.210. The minimum atomic E-state index is -3.75. The molecule has 0 aliphatic carbocycles. The second kappa shape index (κ2) is 10.3. The van der Waals surface area contributed by atoms with Gasteiger partial charge in [0.2, 0.25) is 0 Å². The molecule has 0 bridgehead atoms. The lowest BCUT2D eigenvalue weighted by Gasteiger charge is -2.12. The van der Waals surface area contributed by atoms with Crippen LogP contribution in [0.3, 0.4) is 0 Å². The first-order chi connectivity index (χ1) is 15.6. The second-order valence-corrected chi connectivity index (χ2v) is 10.2. The molecule has 0 saturated carbocycles. The Morgan fingerprint density at radius 2 is 1.58 bits per heavy atom. The van der Waals surface area contributed by atoms with Crippen LogP contribution in [-0.4, -0.2) is 26.5 Å². The van der Waals surface area contributed by atoms with Crippen molar-refractivity contribution in [3.8, 4) is 5.75 Å². The molecule has 33 heavy (non-hydrogen) atoms. The number of carbonyl (C=O) groups is 1. The minimum absolute atomic E-state index is 0.0795. The number of benzene rings is 3. The zero-order chi connectivity index (χ0) is 24.2. The number of halogens is 1. The lowest BCUT2D eigenvalue weighted by Crippen LogP contribution is -2.34. The maximum absolute atomic E-state index is 12.7. The van der Waals surface area contributed by atoms with E-state index in [-0.39, 0.29) is 10.0 Å². The van der Waals surface area contributed by atoms with Crippen molar-refractivity contribution >= 4 is 60.6 Å². The molecule has 3 aromatic rings. The molecule has 172 valence electrons. The number of ether oxygens (including phenoxy) is 1. The summed E-state index contributed by atoms with van der Waals surface area (Å²) < 4.78 is 33.8. The molecule has 0 radical (unpaired) electrons. The predicted octanol–water partition coefficient (Wildman–Crippen LogP) is 5.00. The summed E-state index contributed by atoms with van der Waals surface area (Å²) in [6, 6.07) is 16.5. The van der Waals surface area contributed by atoms with Crippen molar-refractivity contribution in [1.29, 1.82) is 0 Å². The lowest BCUT2D eigenvalue weighted by molar-refractivity contribution is 0.0977. The molecule has 3 rings (SSSR count). The van der Waals surface area contributed by atoms with E-state index >= 15 is 0 Å². The molecule has 0 saturated heterocycles. The smallest absolute Gasteiger partial charge is 0.261 e. The van der Waals surface area contributed by atoms with Gasteiger partial charge in [-0.2, -0.15) is 0 Å². The topological polar surface area (TPSA) is 96.5 Å². The SMILES string of the molecule is COc1ccc(C(=O)NC(=S)Nc2ccc(S(=O)(=O)Nc3cc(C)cc(C)c3)cc2)cc1Br. The van der Waals surface area contributed by atoms with Crippen molar-refractivity contribution in [2.45, 2.75) is 18.7 Å². The maximum Gasteiger partial charge on any atom is 0.261 e. The summed E-state index contributed by atoms with van der Waals surface area (Å²) >= 11 is 8.54. The molecule has 0 aromatic heterocycles. The van der Waals surface area contributed by atoms with Crippen LogP contribution in [-0.2, 0) is 10.0 Å². The molecule has 0 atom stereocenters. The van der Waals surface area contributed by atoms with Crippen molar-refractivity contribution in [1.82, 2.24) is 5.32 Å². The standard InChI is InChI=1S/C23H22BrN3O4S2/c1-14-10-15(2)12-18(11-14)27-33(29,30)19-7-5-17(6-8-19)25-23(32)26-22(28)16-4-9-21(31-3)20(24)13-16/h4-13,27H,1-3H3,(H2,25,26,28,32). The number of thiocarbonyl (C=S) groups is 1. The summed E-state index contributed by atoms with van der Waals surface area (Å²) in [7, 11) is -2.22. The Morgan fingerprint density at radius 3 is 2.15 bits per heavy atom. The third-order valence-electron chi connectivity index (χ3n) is 4.54. The first-order valence-corrected chi connectivity index (χ1v) is 12.4. The average Bonchev–Trinajstić information content (AvgIpc) is 2.72. The van der Waals surface area contributed by atoms with Crippen LogP contribution in [0.1, 0.15) is 21.5 Å². The summed E-state index contributed by atoms with van der Waals surface area (Å²) in [6.07, 6.45) is 0. The van der Waals surface area contributed by atoms with Crippen LogP contribution in [0.15, 0.2) is 70.0 Å². The van der Waals surface area contributed by atoms with Crippen molar-refractivity contribution < 1.29 is 17.9 Å². The first-order valence-electron chi connectivity index (χ1n) is 9.74. The monoisotopic (exact) mass is 547 g/mol. The molecule has 0 spiro atoms. The van der Waals surface area contributed by atoms with Gasteiger partial charge in [-0.3, -0.25) is 14.8 Å². The lowest BCUT2D eigenvalue weighted by atomic mass is 10.1.